The van der Waals surface area contributed by atoms with Crippen molar-refractivity contribution in [3.8, 4) is 0 Å². The van der Waals surface area contributed by atoms with Crippen molar-refractivity contribution >= 4 is 83.5 Å². The summed E-state index contributed by atoms with van der Waals surface area (Å²) >= 11 is 0. The molecule has 7 aromatic rings. The Balaban J connectivity index is 0.000000421. The van der Waals surface area contributed by atoms with Crippen molar-refractivity contribution in [1.29, 1.82) is 0 Å². The topological polar surface area (TPSA) is 13.0 Å². The van der Waals surface area contributed by atoms with E-state index in [-0.39, 0.29) is 0 Å². The van der Waals surface area contributed by atoms with E-state index in [4.69, 9.17) is 0 Å². The molecule has 754 valence electrons. The van der Waals surface area contributed by atoms with Crippen LogP contribution in [0.3, 0.4) is 0 Å². The van der Waals surface area contributed by atoms with Crippen LogP contribution in [0.4, 0.5) is 22.7 Å². The zero-order valence-corrected chi connectivity index (χ0v) is 92.2. The Bertz CT molecular complexity index is 3990. The van der Waals surface area contributed by atoms with Gasteiger partial charge < -0.3 is 55.5 Å². The van der Waals surface area contributed by atoms with Crippen LogP contribution in [0.5, 0.6) is 0 Å². The van der Waals surface area contributed by atoms with Crippen molar-refractivity contribution in [3.05, 3.63) is 225 Å². The van der Waals surface area contributed by atoms with Gasteiger partial charge in [-0.25, -0.2) is 0 Å². The first-order valence-corrected chi connectivity index (χ1v) is 54.0. The van der Waals surface area contributed by atoms with Gasteiger partial charge in [0.1, 0.15) is 0 Å². The molecule has 12 heteroatoms. The average Bonchev–Trinajstić information content (AvgIpc) is 0.877. The molecular formula is C124H206N12+8. The second-order valence-electron chi connectivity index (χ2n) is 48.4. The lowest BCUT2D eigenvalue weighted by atomic mass is 10.1. The lowest BCUT2D eigenvalue weighted by Gasteiger charge is -2.26. The summed E-state index contributed by atoms with van der Waals surface area (Å²) < 4.78 is 8.51. The van der Waals surface area contributed by atoms with Crippen LogP contribution < -0.4 is 19.6 Å². The molecule has 12 nitrogen and oxygen atoms in total. The molecule has 0 amide bonds. The number of nitrogens with zero attached hydrogens (tertiary/aromatic N) is 12. The first-order valence-electron chi connectivity index (χ1n) is 54.0. The fraction of sp³-hybridized carbons (Fsp3) is 0.581. The molecule has 0 N–H and O–H groups in total. The van der Waals surface area contributed by atoms with Crippen molar-refractivity contribution in [2.45, 2.75) is 205 Å². The highest BCUT2D eigenvalue weighted by molar-refractivity contribution is 5.77. The lowest BCUT2D eigenvalue weighted by Crippen LogP contribution is -2.35. The zero-order chi connectivity index (χ0) is 99.2. The molecule has 0 saturated heterocycles. The maximum absolute atomic E-state index is 2.65. The van der Waals surface area contributed by atoms with Gasteiger partial charge in [-0.15, -0.1) is 0 Å². The van der Waals surface area contributed by atoms with Crippen LogP contribution >= 0.6 is 0 Å². The lowest BCUT2D eigenvalue weighted by molar-refractivity contribution is -0.870. The zero-order valence-electron chi connectivity index (χ0n) is 92.2. The quantitative estimate of drug-likeness (QED) is 0.0214. The second kappa shape index (κ2) is 62.3. The molecule has 0 spiro atoms. The summed E-state index contributed by atoms with van der Waals surface area (Å²) in [6.45, 7) is 19.3. The Morgan fingerprint density at radius 3 is 0.309 bits per heavy atom. The molecule has 0 radical (unpaired) electrons. The summed E-state index contributed by atoms with van der Waals surface area (Å²) in [7, 11) is 55.2. The van der Waals surface area contributed by atoms with Gasteiger partial charge in [-0.1, -0.05) is 233 Å². The minimum absolute atomic E-state index is 1.06. The normalized spacial score (nSPS) is 12.8. The van der Waals surface area contributed by atoms with E-state index in [0.29, 0.717) is 0 Å². The van der Waals surface area contributed by atoms with Crippen LogP contribution in [-0.4, -0.2) is 310 Å². The van der Waals surface area contributed by atoms with Gasteiger partial charge in [-0.2, -0.15) is 0 Å². The molecule has 0 saturated carbocycles. The van der Waals surface area contributed by atoms with E-state index in [2.05, 4.69) is 419 Å². The Hall–Kier alpha value is -7.88. The molecule has 0 aliphatic heterocycles. The van der Waals surface area contributed by atoms with Gasteiger partial charge >= 0.3 is 0 Å². The van der Waals surface area contributed by atoms with E-state index in [1.54, 1.807) is 0 Å². The van der Waals surface area contributed by atoms with Crippen molar-refractivity contribution in [1.82, 2.24) is 0 Å². The smallest absolute Gasteiger partial charge is 0.0780 e. The third kappa shape index (κ3) is 58.9. The van der Waals surface area contributed by atoms with Crippen LogP contribution in [0.15, 0.2) is 170 Å². The first-order chi connectivity index (χ1) is 64.4. The number of benzene rings is 7. The van der Waals surface area contributed by atoms with Gasteiger partial charge in [0.15, 0.2) is 0 Å². The summed E-state index contributed by atoms with van der Waals surface area (Å²) in [5, 5.41) is 0. The fourth-order valence-corrected chi connectivity index (χ4v) is 17.7. The molecule has 0 aliphatic carbocycles. The number of hydrogen-bond donors (Lipinski definition) is 0. The highest BCUT2D eigenvalue weighted by atomic mass is 15.3. The molecule has 0 unspecified atom stereocenters. The number of rotatable bonds is 70. The van der Waals surface area contributed by atoms with Crippen LogP contribution in [0.1, 0.15) is 261 Å². The highest BCUT2D eigenvalue weighted by Gasteiger charge is 2.18. The van der Waals surface area contributed by atoms with E-state index in [0.717, 1.165) is 88.2 Å². The van der Waals surface area contributed by atoms with Crippen molar-refractivity contribution < 1.29 is 35.9 Å². The first kappa shape index (κ1) is 117. The van der Waals surface area contributed by atoms with Gasteiger partial charge in [0.25, 0.3) is 0 Å². The number of unbranched alkanes of at least 4 members (excludes halogenated alkanes) is 24. The Morgan fingerprint density at radius 2 is 0.213 bits per heavy atom. The van der Waals surface area contributed by atoms with Gasteiger partial charge in [0.2, 0.25) is 0 Å². The van der Waals surface area contributed by atoms with Crippen LogP contribution in [0.2, 0.25) is 0 Å². The van der Waals surface area contributed by atoms with Crippen molar-refractivity contribution in [2.24, 2.45) is 0 Å². The number of anilines is 4. The van der Waals surface area contributed by atoms with Crippen molar-refractivity contribution in [2.75, 3.05) is 293 Å². The third-order valence-electron chi connectivity index (χ3n) is 26.2. The maximum atomic E-state index is 2.65. The standard InChI is InChI=1S/C66H106N6.C58H100N6/c1-69(2,3)55-25-17-13-21-51-67(52-22-14-18-26-56-70(4,5)6)65-47-43-63(44-48-65)41-39-61-35-31-59(32-36-61)29-30-60-33-37-62(38-34-60)40-42-64-45-49-66(50-46-64)68(53-23-15-19-27-57-71(7,8)9)54-24-16-20-28-58-72(10,11)12;1-61(2,3)49-25-17-13-21-45-59(46-22-14-18-26-50-62(4,5)6)57-41-37-55(38-42-57)35-33-53-29-31-54(32-30-53)34-36-56-39-43-58(44-40-56)60(47-23-15-19-27-51-63(7,8)9)48-24-16-20-28-52-64(10,11)12/h29-50H,13-28,51-58H2,1-12H3;29-44H,13-28,45-52H2,1-12H3/q2*+4/b30-29+,41-39+,42-40+;35-33+,36-34+. The molecule has 0 bridgehead atoms. The SMILES string of the molecule is C[N+](C)(C)CCCCCCN(CCCCCC[N+](C)(C)C)c1ccc(/C=C/c2ccc(/C=C/c3ccc(/C=C/c4ccc(N(CCCCCC[N+](C)(C)C)CCCCCC[N+](C)(C)C)cc4)cc3)cc2)cc1.C[N+](C)(C)CCCCCCN(CCCCCC[N+](C)(C)C)c1ccc(/C=C/c2ccc(/C=C/c3ccc(N(CCCCCC[N+](C)(C)C)CCCCCC[N+](C)(C)C)cc3)cc2)cc1. The van der Waals surface area contributed by atoms with E-state index in [9.17, 15) is 0 Å². The van der Waals surface area contributed by atoms with E-state index in [1.807, 2.05) is 0 Å². The average molecular weight is 1870 g/mol. The summed E-state index contributed by atoms with van der Waals surface area (Å²) in [4.78, 5) is 10.6. The highest BCUT2D eigenvalue weighted by Crippen LogP contribution is 2.28. The van der Waals surface area contributed by atoms with E-state index < -0.39 is 0 Å². The third-order valence-corrected chi connectivity index (χ3v) is 26.2. The Morgan fingerprint density at radius 1 is 0.125 bits per heavy atom. The van der Waals surface area contributed by atoms with Gasteiger partial charge in [-0.3, -0.25) is 0 Å². The molecule has 7 aromatic carbocycles. The van der Waals surface area contributed by atoms with Crippen LogP contribution in [-0.2, 0) is 0 Å². The molecule has 136 heavy (non-hydrogen) atoms. The molecule has 0 atom stereocenters. The minimum atomic E-state index is 1.06. The molecule has 7 rings (SSSR count). The summed E-state index contributed by atoms with van der Waals surface area (Å²) in [6, 6.07) is 63.8. The molecular weight excluding hydrogens is 1660 g/mol. The van der Waals surface area contributed by atoms with Crippen LogP contribution in [0.25, 0.3) is 60.8 Å². The number of quaternary nitrogens is 8. The Labute approximate surface area is 838 Å². The molecule has 0 aromatic heterocycles. The maximum Gasteiger partial charge on any atom is 0.0780 e. The second-order valence-corrected chi connectivity index (χ2v) is 48.4. The summed E-state index contributed by atoms with van der Waals surface area (Å²) in [5.41, 5.74) is 17.7. The fourth-order valence-electron chi connectivity index (χ4n) is 17.7. The molecule has 0 fully saturated rings. The van der Waals surface area contributed by atoms with Gasteiger partial charge in [-0.05, 0) is 258 Å². The largest absolute Gasteiger partial charge is 0.372 e. The summed E-state index contributed by atoms with van der Waals surface area (Å²) in [5.74, 6) is 0. The molecule has 0 heterocycles. The van der Waals surface area contributed by atoms with E-state index >= 15 is 0 Å². The number of hydrogen-bond acceptors (Lipinski definition) is 4. The predicted octanol–water partition coefficient (Wildman–Crippen LogP) is 27.6. The monoisotopic (exact) mass is 1860 g/mol. The van der Waals surface area contributed by atoms with Crippen molar-refractivity contribution in [3.63, 3.8) is 0 Å². The predicted molar refractivity (Wildman–Crippen MR) is 610 cm³/mol. The Kier molecular flexibility index (Phi) is 53.5. The van der Waals surface area contributed by atoms with Crippen LogP contribution in [0, 0.1) is 0 Å². The minimum Gasteiger partial charge on any atom is -0.372 e. The summed E-state index contributed by atoms with van der Waals surface area (Å²) in [6.07, 6.45) is 64.2. The van der Waals surface area contributed by atoms with Gasteiger partial charge in [0.05, 0.1) is 222 Å². The van der Waals surface area contributed by atoms with E-state index in [1.165, 1.54) is 336 Å². The molecule has 0 aliphatic rings. The van der Waals surface area contributed by atoms with Gasteiger partial charge in [0, 0.05) is 75.1 Å².